The van der Waals surface area contributed by atoms with Crippen LogP contribution in [-0.4, -0.2) is 0 Å². The van der Waals surface area contributed by atoms with Crippen LogP contribution in [0.4, 0.5) is 0 Å². The van der Waals surface area contributed by atoms with Crippen LogP contribution in [-0.2, 0) is 5.41 Å². The van der Waals surface area contributed by atoms with Crippen molar-refractivity contribution in [2.75, 3.05) is 0 Å². The third-order valence-electron chi connectivity index (χ3n) is 6.45. The molecule has 0 saturated heterocycles. The first-order valence-electron chi connectivity index (χ1n) is 9.99. The molecule has 1 aliphatic carbocycles. The average Bonchev–Trinajstić information content (AvgIpc) is 3.26. The summed E-state index contributed by atoms with van der Waals surface area (Å²) in [6.45, 7) is 16.5. The minimum atomic E-state index is 0.488. The van der Waals surface area contributed by atoms with Crippen LogP contribution in [0, 0.1) is 11.8 Å². The van der Waals surface area contributed by atoms with Crippen LogP contribution in [0.15, 0.2) is 18.2 Å². The fourth-order valence-corrected chi connectivity index (χ4v) is 4.07. The molecule has 0 amide bonds. The first-order valence-corrected chi connectivity index (χ1v) is 9.99. The lowest BCUT2D eigenvalue weighted by molar-refractivity contribution is 0.449. The zero-order chi connectivity index (χ0) is 17.2. The average molecular weight is 315 g/mol. The minimum Gasteiger partial charge on any atom is -0.0651 e. The van der Waals surface area contributed by atoms with E-state index in [1.54, 1.807) is 5.56 Å². The Bertz CT molecular complexity index is 485. The molecule has 0 heterocycles. The molecule has 0 spiro atoms. The van der Waals surface area contributed by atoms with Gasteiger partial charge < -0.3 is 0 Å². The van der Waals surface area contributed by atoms with Crippen molar-refractivity contribution < 1.29 is 0 Å². The number of hydrogen-bond acceptors (Lipinski definition) is 0. The third kappa shape index (κ3) is 4.01. The highest BCUT2D eigenvalue weighted by molar-refractivity contribution is 5.41. The van der Waals surface area contributed by atoms with E-state index in [2.05, 4.69) is 66.7 Å². The van der Waals surface area contributed by atoms with Crippen LogP contribution in [0.5, 0.6) is 0 Å². The van der Waals surface area contributed by atoms with E-state index in [0.29, 0.717) is 17.3 Å². The molecule has 0 aliphatic heterocycles. The van der Waals surface area contributed by atoms with Crippen molar-refractivity contribution in [3.05, 3.63) is 34.9 Å². The predicted octanol–water partition coefficient (Wildman–Crippen LogP) is 7.43. The summed E-state index contributed by atoms with van der Waals surface area (Å²) < 4.78 is 0. The van der Waals surface area contributed by atoms with Gasteiger partial charge in [0.1, 0.15) is 0 Å². The molecule has 0 heteroatoms. The lowest BCUT2D eigenvalue weighted by Crippen LogP contribution is -2.11. The number of benzene rings is 1. The molecule has 1 aromatic carbocycles. The quantitative estimate of drug-likeness (QED) is 0.468. The Balaban J connectivity index is 2.25. The fraction of sp³-hybridized carbons (Fsp3) is 0.739. The van der Waals surface area contributed by atoms with Gasteiger partial charge in [0.05, 0.1) is 0 Å². The second kappa shape index (κ2) is 7.41. The lowest BCUT2D eigenvalue weighted by Gasteiger charge is -2.21. The molecule has 1 fully saturated rings. The van der Waals surface area contributed by atoms with Gasteiger partial charge in [-0.25, -0.2) is 0 Å². The molecule has 3 atom stereocenters. The zero-order valence-electron chi connectivity index (χ0n) is 16.6. The molecule has 0 bridgehead atoms. The van der Waals surface area contributed by atoms with Crippen LogP contribution in [0.2, 0.25) is 0 Å². The number of hydrogen-bond donors (Lipinski definition) is 0. The fourth-order valence-electron chi connectivity index (χ4n) is 4.07. The van der Waals surface area contributed by atoms with Crippen LogP contribution in [0.1, 0.15) is 109 Å². The van der Waals surface area contributed by atoms with Crippen molar-refractivity contribution in [1.82, 2.24) is 0 Å². The third-order valence-corrected chi connectivity index (χ3v) is 6.45. The summed E-state index contributed by atoms with van der Waals surface area (Å²) in [5, 5.41) is 0. The second-order valence-electron chi connectivity index (χ2n) is 8.70. The summed E-state index contributed by atoms with van der Waals surface area (Å²) in [4.78, 5) is 0. The summed E-state index contributed by atoms with van der Waals surface area (Å²) in [5.41, 5.74) is 5.20. The van der Waals surface area contributed by atoms with E-state index in [1.807, 2.05) is 0 Å². The maximum absolute atomic E-state index is 2.53. The van der Waals surface area contributed by atoms with Crippen molar-refractivity contribution in [2.45, 2.75) is 97.8 Å². The van der Waals surface area contributed by atoms with Gasteiger partial charge in [-0.05, 0) is 65.0 Å². The Kier molecular flexibility index (Phi) is 5.98. The van der Waals surface area contributed by atoms with E-state index in [0.717, 1.165) is 11.8 Å². The molecule has 0 radical (unpaired) electrons. The van der Waals surface area contributed by atoms with Crippen LogP contribution < -0.4 is 0 Å². The monoisotopic (exact) mass is 314 g/mol. The van der Waals surface area contributed by atoms with E-state index in [9.17, 15) is 0 Å². The molecule has 3 unspecified atom stereocenters. The lowest BCUT2D eigenvalue weighted by atomic mass is 9.83. The molecule has 2 rings (SSSR count). The van der Waals surface area contributed by atoms with Crippen LogP contribution >= 0.6 is 0 Å². The molecule has 1 aliphatic rings. The molecule has 23 heavy (non-hydrogen) atoms. The second-order valence-corrected chi connectivity index (χ2v) is 8.70. The Morgan fingerprint density at radius 3 is 1.96 bits per heavy atom. The first kappa shape index (κ1) is 18.6. The van der Waals surface area contributed by atoms with Gasteiger partial charge in [0.2, 0.25) is 0 Å². The maximum atomic E-state index is 2.53. The summed E-state index contributed by atoms with van der Waals surface area (Å²) >= 11 is 0. The molecule has 0 N–H and O–H groups in total. The molecule has 1 saturated carbocycles. The summed E-state index contributed by atoms with van der Waals surface area (Å²) in [7, 11) is 0. The smallest absolute Gasteiger partial charge is 0.00179 e. The van der Waals surface area contributed by atoms with Gasteiger partial charge in [-0.1, -0.05) is 79.5 Å². The van der Waals surface area contributed by atoms with Crippen molar-refractivity contribution in [3.8, 4) is 0 Å². The molecule has 0 nitrogen and oxygen atoms in total. The van der Waals surface area contributed by atoms with E-state index < -0.39 is 0 Å². The van der Waals surface area contributed by atoms with Gasteiger partial charge in [-0.3, -0.25) is 0 Å². The predicted molar refractivity (Wildman–Crippen MR) is 103 cm³/mol. The first-order chi connectivity index (χ1) is 10.8. The van der Waals surface area contributed by atoms with Gasteiger partial charge in [0.15, 0.2) is 0 Å². The highest BCUT2D eigenvalue weighted by Crippen LogP contribution is 2.59. The molecular weight excluding hydrogens is 276 g/mol. The van der Waals surface area contributed by atoms with E-state index in [4.69, 9.17) is 0 Å². The highest BCUT2D eigenvalue weighted by Gasteiger charge is 2.53. The summed E-state index contributed by atoms with van der Waals surface area (Å²) in [5.74, 6) is 3.06. The summed E-state index contributed by atoms with van der Waals surface area (Å²) in [6, 6.07) is 7.51. The zero-order valence-corrected chi connectivity index (χ0v) is 16.6. The Labute approximate surface area is 145 Å². The van der Waals surface area contributed by atoms with Gasteiger partial charge in [0.25, 0.3) is 0 Å². The Morgan fingerprint density at radius 2 is 1.52 bits per heavy atom. The van der Waals surface area contributed by atoms with Crippen molar-refractivity contribution in [3.63, 3.8) is 0 Å². The Morgan fingerprint density at radius 1 is 0.957 bits per heavy atom. The maximum Gasteiger partial charge on any atom is -0.00179 e. The normalized spacial score (nSPS) is 25.2. The van der Waals surface area contributed by atoms with E-state index in [-0.39, 0.29) is 0 Å². The van der Waals surface area contributed by atoms with E-state index in [1.165, 1.54) is 43.2 Å². The SMILES string of the molecule is CCC(C)CCC1CC1(CC)c1cc(C(C)C)cc(C(C)C)c1. The molecule has 130 valence electrons. The van der Waals surface area contributed by atoms with Gasteiger partial charge in [-0.15, -0.1) is 0 Å². The standard InChI is InChI=1S/C23H38/c1-8-18(7)10-11-21-15-23(21,9-2)22-13-19(16(3)4)12-20(14-22)17(5)6/h12-14,16-18,21H,8-11,15H2,1-7H3. The van der Waals surface area contributed by atoms with Crippen LogP contribution in [0.3, 0.4) is 0 Å². The molecule has 1 aromatic rings. The number of rotatable bonds is 8. The van der Waals surface area contributed by atoms with Gasteiger partial charge in [-0.2, -0.15) is 0 Å². The minimum absolute atomic E-state index is 0.488. The van der Waals surface area contributed by atoms with E-state index >= 15 is 0 Å². The van der Waals surface area contributed by atoms with Crippen molar-refractivity contribution in [1.29, 1.82) is 0 Å². The molecular formula is C23H38. The topological polar surface area (TPSA) is 0 Å². The Hall–Kier alpha value is -0.780. The summed E-state index contributed by atoms with van der Waals surface area (Å²) in [6.07, 6.45) is 6.87. The van der Waals surface area contributed by atoms with Gasteiger partial charge in [0, 0.05) is 0 Å². The molecule has 0 aromatic heterocycles. The van der Waals surface area contributed by atoms with Crippen molar-refractivity contribution >= 4 is 0 Å². The largest absolute Gasteiger partial charge is 0.0651 e. The highest BCUT2D eigenvalue weighted by atomic mass is 14.6. The van der Waals surface area contributed by atoms with Crippen LogP contribution in [0.25, 0.3) is 0 Å². The van der Waals surface area contributed by atoms with Gasteiger partial charge >= 0.3 is 0 Å². The van der Waals surface area contributed by atoms with Crippen molar-refractivity contribution in [2.24, 2.45) is 11.8 Å².